The zero-order valence-corrected chi connectivity index (χ0v) is 9.33. The number of carbonyl (C=O) groups is 1. The Balaban J connectivity index is 1.92. The smallest absolute Gasteiger partial charge is 0.313 e. The number of morpholine rings is 1. The molecule has 1 heterocycles. The minimum Gasteiger partial charge on any atom is -0.469 e. The van der Waals surface area contributed by atoms with E-state index in [4.69, 9.17) is 9.47 Å². The first-order chi connectivity index (χ1) is 7.27. The molecule has 86 valence electrons. The van der Waals surface area contributed by atoms with Gasteiger partial charge in [-0.05, 0) is 12.8 Å². The molecule has 0 N–H and O–H groups in total. The number of esters is 1. The molecular formula is C11H19NO3. The van der Waals surface area contributed by atoms with Crippen molar-refractivity contribution < 1.29 is 14.3 Å². The van der Waals surface area contributed by atoms with E-state index < -0.39 is 0 Å². The predicted octanol–water partition coefficient (Wildman–Crippen LogP) is 0.662. The summed E-state index contributed by atoms with van der Waals surface area (Å²) in [6.45, 7) is 4.31. The summed E-state index contributed by atoms with van der Waals surface area (Å²) in [5.74, 6) is -0.0276. The highest BCUT2D eigenvalue weighted by Crippen LogP contribution is 2.42. The van der Waals surface area contributed by atoms with E-state index in [-0.39, 0.29) is 11.4 Å². The van der Waals surface area contributed by atoms with E-state index in [1.165, 1.54) is 7.11 Å². The molecule has 4 heteroatoms. The third kappa shape index (κ3) is 2.16. The van der Waals surface area contributed by atoms with E-state index in [2.05, 4.69) is 4.90 Å². The lowest BCUT2D eigenvalue weighted by molar-refractivity contribution is -0.161. The molecule has 0 atom stereocenters. The van der Waals surface area contributed by atoms with Crippen LogP contribution in [-0.2, 0) is 14.3 Å². The lowest BCUT2D eigenvalue weighted by Gasteiger charge is -2.43. The van der Waals surface area contributed by atoms with Gasteiger partial charge in [0.1, 0.15) is 0 Å². The van der Waals surface area contributed by atoms with Crippen LogP contribution in [0.2, 0.25) is 0 Å². The summed E-state index contributed by atoms with van der Waals surface area (Å²) in [5.41, 5.74) is -0.202. The molecule has 2 fully saturated rings. The summed E-state index contributed by atoms with van der Waals surface area (Å²) in [4.78, 5) is 14.0. The van der Waals surface area contributed by atoms with Gasteiger partial charge in [0.05, 0.1) is 25.7 Å². The zero-order chi connectivity index (χ0) is 10.7. The predicted molar refractivity (Wildman–Crippen MR) is 55.6 cm³/mol. The van der Waals surface area contributed by atoms with E-state index in [9.17, 15) is 4.79 Å². The number of ether oxygens (including phenoxy) is 2. The van der Waals surface area contributed by atoms with E-state index >= 15 is 0 Å². The molecule has 1 aliphatic heterocycles. The van der Waals surface area contributed by atoms with E-state index in [0.29, 0.717) is 0 Å². The molecule has 2 rings (SSSR count). The van der Waals surface area contributed by atoms with Crippen LogP contribution in [0.5, 0.6) is 0 Å². The Bertz CT molecular complexity index is 232. The summed E-state index contributed by atoms with van der Waals surface area (Å²) in [5, 5.41) is 0. The largest absolute Gasteiger partial charge is 0.469 e. The van der Waals surface area contributed by atoms with Gasteiger partial charge in [0.2, 0.25) is 0 Å². The molecule has 0 aromatic heterocycles. The van der Waals surface area contributed by atoms with Crippen molar-refractivity contribution in [3.63, 3.8) is 0 Å². The molecule has 0 radical (unpaired) electrons. The fourth-order valence-electron chi connectivity index (χ4n) is 2.43. The van der Waals surface area contributed by atoms with Gasteiger partial charge in [0, 0.05) is 19.6 Å². The van der Waals surface area contributed by atoms with Gasteiger partial charge in [-0.1, -0.05) is 6.42 Å². The van der Waals surface area contributed by atoms with Crippen LogP contribution in [-0.4, -0.2) is 50.8 Å². The van der Waals surface area contributed by atoms with Gasteiger partial charge in [0.25, 0.3) is 0 Å². The maximum absolute atomic E-state index is 11.7. The normalized spacial score (nSPS) is 25.7. The van der Waals surface area contributed by atoms with Crippen LogP contribution in [0.25, 0.3) is 0 Å². The van der Waals surface area contributed by atoms with Gasteiger partial charge in [-0.2, -0.15) is 0 Å². The minimum absolute atomic E-state index is 0.0276. The van der Waals surface area contributed by atoms with E-state index in [1.54, 1.807) is 0 Å². The first kappa shape index (κ1) is 10.9. The average Bonchev–Trinajstić information content (AvgIpc) is 2.24. The molecule has 0 aromatic carbocycles. The fourth-order valence-corrected chi connectivity index (χ4v) is 2.43. The van der Waals surface area contributed by atoms with Gasteiger partial charge in [0.15, 0.2) is 0 Å². The molecule has 0 unspecified atom stereocenters. The average molecular weight is 213 g/mol. The monoisotopic (exact) mass is 213 g/mol. The number of hydrogen-bond acceptors (Lipinski definition) is 4. The van der Waals surface area contributed by atoms with Crippen LogP contribution in [0.15, 0.2) is 0 Å². The maximum Gasteiger partial charge on any atom is 0.313 e. The lowest BCUT2D eigenvalue weighted by atomic mass is 9.68. The van der Waals surface area contributed by atoms with E-state index in [0.717, 1.165) is 52.1 Å². The zero-order valence-electron chi connectivity index (χ0n) is 9.33. The Kier molecular flexibility index (Phi) is 3.26. The van der Waals surface area contributed by atoms with Crippen LogP contribution in [0.1, 0.15) is 19.3 Å². The van der Waals surface area contributed by atoms with Crippen molar-refractivity contribution in [3.8, 4) is 0 Å². The molecule has 0 aromatic rings. The van der Waals surface area contributed by atoms with Crippen LogP contribution < -0.4 is 0 Å². The SMILES string of the molecule is COC(=O)C1(CN2CCOCC2)CCC1. The molecule has 0 bridgehead atoms. The Hall–Kier alpha value is -0.610. The van der Waals surface area contributed by atoms with E-state index in [1.807, 2.05) is 0 Å². The minimum atomic E-state index is -0.202. The number of hydrogen-bond donors (Lipinski definition) is 0. The summed E-state index contributed by atoms with van der Waals surface area (Å²) < 4.78 is 10.2. The Morgan fingerprint density at radius 2 is 2.07 bits per heavy atom. The second-order valence-electron chi connectivity index (χ2n) is 4.51. The Morgan fingerprint density at radius 1 is 1.40 bits per heavy atom. The number of nitrogens with zero attached hydrogens (tertiary/aromatic N) is 1. The number of methoxy groups -OCH3 is 1. The number of rotatable bonds is 3. The Labute approximate surface area is 90.5 Å². The van der Waals surface area contributed by atoms with Crippen LogP contribution in [0.3, 0.4) is 0 Å². The highest BCUT2D eigenvalue weighted by molar-refractivity contribution is 5.78. The second-order valence-corrected chi connectivity index (χ2v) is 4.51. The molecule has 0 amide bonds. The standard InChI is InChI=1S/C11H19NO3/c1-14-10(13)11(3-2-4-11)9-12-5-7-15-8-6-12/h2-9H2,1H3. The summed E-state index contributed by atoms with van der Waals surface area (Å²) in [6, 6.07) is 0. The maximum atomic E-state index is 11.7. The van der Waals surface area contributed by atoms with Crippen molar-refractivity contribution in [2.45, 2.75) is 19.3 Å². The molecule has 1 saturated carbocycles. The Morgan fingerprint density at radius 3 is 2.53 bits per heavy atom. The van der Waals surface area contributed by atoms with Crippen molar-refractivity contribution in [1.29, 1.82) is 0 Å². The summed E-state index contributed by atoms with van der Waals surface area (Å²) >= 11 is 0. The van der Waals surface area contributed by atoms with Crippen molar-refractivity contribution in [1.82, 2.24) is 4.90 Å². The third-order valence-electron chi connectivity index (χ3n) is 3.56. The highest BCUT2D eigenvalue weighted by atomic mass is 16.5. The van der Waals surface area contributed by atoms with Crippen molar-refractivity contribution in [3.05, 3.63) is 0 Å². The molecule has 4 nitrogen and oxygen atoms in total. The van der Waals surface area contributed by atoms with Gasteiger partial charge in [-0.15, -0.1) is 0 Å². The van der Waals surface area contributed by atoms with Gasteiger partial charge < -0.3 is 9.47 Å². The first-order valence-electron chi connectivity index (χ1n) is 5.65. The van der Waals surface area contributed by atoms with Crippen molar-refractivity contribution >= 4 is 5.97 Å². The quantitative estimate of drug-likeness (QED) is 0.646. The molecule has 0 spiro atoms. The van der Waals surface area contributed by atoms with Crippen molar-refractivity contribution in [2.75, 3.05) is 40.0 Å². The van der Waals surface area contributed by atoms with Crippen LogP contribution in [0.4, 0.5) is 0 Å². The topological polar surface area (TPSA) is 38.8 Å². The highest BCUT2D eigenvalue weighted by Gasteiger charge is 2.46. The van der Waals surface area contributed by atoms with Crippen molar-refractivity contribution in [2.24, 2.45) is 5.41 Å². The first-order valence-corrected chi connectivity index (χ1v) is 5.65. The molecule has 1 aliphatic carbocycles. The molecular weight excluding hydrogens is 194 g/mol. The third-order valence-corrected chi connectivity index (χ3v) is 3.56. The van der Waals surface area contributed by atoms with Gasteiger partial charge >= 0.3 is 5.97 Å². The lowest BCUT2D eigenvalue weighted by Crippen LogP contribution is -2.51. The van der Waals surface area contributed by atoms with Crippen LogP contribution in [0, 0.1) is 5.41 Å². The molecule has 1 saturated heterocycles. The fraction of sp³-hybridized carbons (Fsp3) is 0.909. The molecule has 2 aliphatic rings. The van der Waals surface area contributed by atoms with Gasteiger partial charge in [-0.25, -0.2) is 0 Å². The number of carbonyl (C=O) groups excluding carboxylic acids is 1. The summed E-state index contributed by atoms with van der Waals surface area (Å²) in [6.07, 6.45) is 3.12. The van der Waals surface area contributed by atoms with Gasteiger partial charge in [-0.3, -0.25) is 9.69 Å². The summed E-state index contributed by atoms with van der Waals surface area (Å²) in [7, 11) is 1.49. The molecule has 15 heavy (non-hydrogen) atoms. The van der Waals surface area contributed by atoms with Crippen LogP contribution >= 0.6 is 0 Å². The second kappa shape index (κ2) is 4.49.